The Bertz CT molecular complexity index is 666. The van der Waals surface area contributed by atoms with Crippen molar-refractivity contribution in [1.82, 2.24) is 5.43 Å². The predicted molar refractivity (Wildman–Crippen MR) is 80.6 cm³/mol. The van der Waals surface area contributed by atoms with Gasteiger partial charge in [0.1, 0.15) is 0 Å². The summed E-state index contributed by atoms with van der Waals surface area (Å²) in [4.78, 5) is 11.8. The second kappa shape index (κ2) is 6.42. The van der Waals surface area contributed by atoms with Gasteiger partial charge in [0, 0.05) is 11.3 Å². The van der Waals surface area contributed by atoms with Crippen LogP contribution in [0.15, 0.2) is 47.6 Å². The summed E-state index contributed by atoms with van der Waals surface area (Å²) in [7, 11) is 1.47. The first-order valence-electron chi connectivity index (χ1n) is 6.16. The molecule has 6 heteroatoms. The number of ether oxygens (including phenoxy) is 1. The van der Waals surface area contributed by atoms with Crippen LogP contribution in [0.3, 0.4) is 0 Å². The average Bonchev–Trinajstić information content (AvgIpc) is 2.48. The van der Waals surface area contributed by atoms with Gasteiger partial charge in [-0.2, -0.15) is 5.10 Å². The Morgan fingerprint density at radius 3 is 2.62 bits per heavy atom. The molecule has 2 aromatic carbocycles. The highest BCUT2D eigenvalue weighted by Crippen LogP contribution is 2.25. The molecule has 0 fully saturated rings. The lowest BCUT2D eigenvalue weighted by Gasteiger charge is -2.03. The van der Waals surface area contributed by atoms with E-state index < -0.39 is 0 Å². The Morgan fingerprint density at radius 1 is 1.29 bits per heavy atom. The summed E-state index contributed by atoms with van der Waals surface area (Å²) in [5, 5.41) is 13.4. The number of nitrogens with one attached hydrogen (secondary N) is 1. The van der Waals surface area contributed by atoms with Gasteiger partial charge in [0.05, 0.1) is 13.3 Å². The molecule has 0 unspecified atom stereocenters. The summed E-state index contributed by atoms with van der Waals surface area (Å²) in [6.07, 6.45) is 1.42. The Labute approximate surface area is 121 Å². The van der Waals surface area contributed by atoms with Crippen molar-refractivity contribution in [1.29, 1.82) is 0 Å². The maximum atomic E-state index is 11.8. The third-order valence-corrected chi connectivity index (χ3v) is 2.76. The number of nitrogen functional groups attached to an aromatic ring is 1. The molecule has 0 saturated carbocycles. The van der Waals surface area contributed by atoms with Gasteiger partial charge in [-0.15, -0.1) is 0 Å². The normalized spacial score (nSPS) is 10.5. The molecular formula is C15H15N3O3. The summed E-state index contributed by atoms with van der Waals surface area (Å²) in [5.74, 6) is 0.0355. The molecule has 0 saturated heterocycles. The van der Waals surface area contributed by atoms with Gasteiger partial charge in [0.25, 0.3) is 5.91 Å². The molecule has 6 nitrogen and oxygen atoms in total. The minimum atomic E-state index is -0.344. The van der Waals surface area contributed by atoms with E-state index in [1.165, 1.54) is 19.4 Å². The summed E-state index contributed by atoms with van der Waals surface area (Å²) < 4.78 is 4.94. The van der Waals surface area contributed by atoms with E-state index in [1.807, 2.05) is 0 Å². The van der Waals surface area contributed by atoms with Gasteiger partial charge in [0.2, 0.25) is 0 Å². The highest BCUT2D eigenvalue weighted by Gasteiger charge is 2.03. The molecule has 0 bridgehead atoms. The number of hydrazone groups is 1. The van der Waals surface area contributed by atoms with Gasteiger partial charge in [-0.25, -0.2) is 5.43 Å². The molecule has 1 amide bonds. The van der Waals surface area contributed by atoms with Crippen LogP contribution in [0, 0.1) is 0 Å². The maximum absolute atomic E-state index is 11.8. The molecule has 4 N–H and O–H groups in total. The molecule has 2 aromatic rings. The van der Waals surface area contributed by atoms with Crippen LogP contribution in [0.5, 0.6) is 11.5 Å². The lowest BCUT2D eigenvalue weighted by Crippen LogP contribution is -2.17. The quantitative estimate of drug-likeness (QED) is 0.453. The average molecular weight is 285 g/mol. The van der Waals surface area contributed by atoms with Crippen LogP contribution >= 0.6 is 0 Å². The largest absolute Gasteiger partial charge is 0.504 e. The van der Waals surface area contributed by atoms with Crippen molar-refractivity contribution in [2.45, 2.75) is 0 Å². The number of anilines is 1. The number of carbonyl (C=O) groups is 1. The van der Waals surface area contributed by atoms with Gasteiger partial charge in [-0.3, -0.25) is 4.79 Å². The molecule has 0 aliphatic heterocycles. The molecule has 21 heavy (non-hydrogen) atoms. The lowest BCUT2D eigenvalue weighted by molar-refractivity contribution is 0.0955. The van der Waals surface area contributed by atoms with E-state index in [4.69, 9.17) is 10.5 Å². The summed E-state index contributed by atoms with van der Waals surface area (Å²) in [6.45, 7) is 0. The number of nitrogens with two attached hydrogens (primary N) is 1. The van der Waals surface area contributed by atoms with Gasteiger partial charge in [-0.05, 0) is 48.0 Å². The van der Waals surface area contributed by atoms with Crippen molar-refractivity contribution in [3.8, 4) is 11.5 Å². The number of methoxy groups -OCH3 is 1. The second-order valence-electron chi connectivity index (χ2n) is 4.25. The molecule has 0 aliphatic carbocycles. The number of amides is 1. The van der Waals surface area contributed by atoms with Crippen LogP contribution in [-0.4, -0.2) is 24.3 Å². The lowest BCUT2D eigenvalue weighted by atomic mass is 10.2. The summed E-state index contributed by atoms with van der Waals surface area (Å²) in [5.41, 5.74) is 9.61. The number of phenols is 1. The first-order chi connectivity index (χ1) is 10.1. The molecular weight excluding hydrogens is 270 g/mol. The molecule has 0 aromatic heterocycles. The topological polar surface area (TPSA) is 96.9 Å². The van der Waals surface area contributed by atoms with Gasteiger partial charge >= 0.3 is 0 Å². The maximum Gasteiger partial charge on any atom is 0.271 e. The van der Waals surface area contributed by atoms with E-state index in [-0.39, 0.29) is 11.7 Å². The van der Waals surface area contributed by atoms with Crippen molar-refractivity contribution < 1.29 is 14.6 Å². The number of hydrogen-bond acceptors (Lipinski definition) is 5. The standard InChI is InChI=1S/C15H15N3O3/c1-21-14-7-2-10(8-13(14)19)9-17-18-15(20)11-3-5-12(16)6-4-11/h2-9,19H,16H2,1H3,(H,18,20)/b17-9-. The summed E-state index contributed by atoms with van der Waals surface area (Å²) in [6, 6.07) is 11.3. The zero-order chi connectivity index (χ0) is 15.2. The van der Waals surface area contributed by atoms with E-state index in [2.05, 4.69) is 10.5 Å². The zero-order valence-electron chi connectivity index (χ0n) is 11.4. The molecule has 0 heterocycles. The minimum Gasteiger partial charge on any atom is -0.504 e. The Morgan fingerprint density at radius 2 is 2.00 bits per heavy atom. The third-order valence-electron chi connectivity index (χ3n) is 2.76. The highest BCUT2D eigenvalue weighted by atomic mass is 16.5. The Balaban J connectivity index is 2.00. The van der Waals surface area contributed by atoms with E-state index >= 15 is 0 Å². The van der Waals surface area contributed by atoms with E-state index in [0.717, 1.165) is 0 Å². The molecule has 108 valence electrons. The van der Waals surface area contributed by atoms with Crippen molar-refractivity contribution in [3.63, 3.8) is 0 Å². The fourth-order valence-corrected chi connectivity index (χ4v) is 1.65. The van der Waals surface area contributed by atoms with Crippen LogP contribution in [-0.2, 0) is 0 Å². The van der Waals surface area contributed by atoms with Crippen LogP contribution in [0.4, 0.5) is 5.69 Å². The number of nitrogens with zero attached hydrogens (tertiary/aromatic N) is 1. The zero-order valence-corrected chi connectivity index (χ0v) is 11.4. The number of rotatable bonds is 4. The van der Waals surface area contributed by atoms with E-state index in [9.17, 15) is 9.90 Å². The van der Waals surface area contributed by atoms with Crippen molar-refractivity contribution >= 4 is 17.8 Å². The monoisotopic (exact) mass is 285 g/mol. The SMILES string of the molecule is COc1ccc(/C=N\NC(=O)c2ccc(N)cc2)cc1O. The van der Waals surface area contributed by atoms with Crippen molar-refractivity contribution in [3.05, 3.63) is 53.6 Å². The van der Waals surface area contributed by atoms with Crippen LogP contribution in [0.2, 0.25) is 0 Å². The molecule has 2 rings (SSSR count). The highest BCUT2D eigenvalue weighted by molar-refractivity contribution is 5.95. The third kappa shape index (κ3) is 3.73. The van der Waals surface area contributed by atoms with E-state index in [0.29, 0.717) is 22.6 Å². The van der Waals surface area contributed by atoms with E-state index in [1.54, 1.807) is 36.4 Å². The van der Waals surface area contributed by atoms with Gasteiger partial charge in [0.15, 0.2) is 11.5 Å². The van der Waals surface area contributed by atoms with Gasteiger partial charge in [-0.1, -0.05) is 0 Å². The number of benzene rings is 2. The van der Waals surface area contributed by atoms with Crippen molar-refractivity contribution in [2.75, 3.05) is 12.8 Å². The first kappa shape index (κ1) is 14.4. The summed E-state index contributed by atoms with van der Waals surface area (Å²) >= 11 is 0. The minimum absolute atomic E-state index is 0.00584. The molecule has 0 radical (unpaired) electrons. The van der Waals surface area contributed by atoms with Gasteiger partial charge < -0.3 is 15.6 Å². The Hall–Kier alpha value is -3.02. The number of carbonyl (C=O) groups excluding carboxylic acids is 1. The Kier molecular flexibility index (Phi) is 4.40. The number of hydrogen-bond donors (Lipinski definition) is 3. The number of phenolic OH excluding ortho intramolecular Hbond substituents is 1. The fraction of sp³-hybridized carbons (Fsp3) is 0.0667. The number of aromatic hydroxyl groups is 1. The first-order valence-corrected chi connectivity index (χ1v) is 6.16. The molecule has 0 aliphatic rings. The van der Waals surface area contributed by atoms with Crippen LogP contribution in [0.1, 0.15) is 15.9 Å². The predicted octanol–water partition coefficient (Wildman–Crippen LogP) is 1.75. The molecule has 0 spiro atoms. The van der Waals surface area contributed by atoms with Crippen LogP contribution < -0.4 is 15.9 Å². The second-order valence-corrected chi connectivity index (χ2v) is 4.25. The van der Waals surface area contributed by atoms with Crippen molar-refractivity contribution in [2.24, 2.45) is 5.10 Å². The smallest absolute Gasteiger partial charge is 0.271 e. The van der Waals surface area contributed by atoms with Crippen LogP contribution in [0.25, 0.3) is 0 Å². The molecule has 0 atom stereocenters. The fourth-order valence-electron chi connectivity index (χ4n) is 1.65.